The Kier molecular flexibility index (Phi) is 5.86. The van der Waals surface area contributed by atoms with Crippen LogP contribution in [0.2, 0.25) is 5.02 Å². The molecule has 0 radical (unpaired) electrons. The number of pyridine rings is 1. The zero-order chi connectivity index (χ0) is 26.0. The molecule has 0 spiro atoms. The van der Waals surface area contributed by atoms with Gasteiger partial charge in [0.1, 0.15) is 11.5 Å². The van der Waals surface area contributed by atoms with Crippen LogP contribution in [0.15, 0.2) is 34.3 Å². The Hall–Kier alpha value is -3.08. The summed E-state index contributed by atoms with van der Waals surface area (Å²) in [7, 11) is 0. The molecule has 2 aliphatic rings. The molecule has 0 amide bonds. The van der Waals surface area contributed by atoms with Gasteiger partial charge in [0, 0.05) is 51.9 Å². The molecule has 0 atom stereocenters. The highest BCUT2D eigenvalue weighted by molar-refractivity contribution is 7.99. The van der Waals surface area contributed by atoms with Crippen LogP contribution in [0.3, 0.4) is 0 Å². The molecular formula is C27H26ClN7OS2. The number of nitrogens with two attached hydrogens (primary N) is 1. The molecule has 1 aromatic carbocycles. The monoisotopic (exact) mass is 563 g/mol. The standard InChI is InChI=1S/C27H26ClN7OS2/c1-2-17-23(28)22-24(30-17)32-27(33-25(22)34-10-9-21-18(13-34)31-26(29)38-21)37-16-8-7-15-11-14-5-3-4-6-19(14)35(36)20(15)12-16/h7-8,11-12H,2-6,9-10,13H2,1H3,(H2,29,31)(H,30,32,33). The van der Waals surface area contributed by atoms with Crippen molar-refractivity contribution in [2.75, 3.05) is 17.2 Å². The summed E-state index contributed by atoms with van der Waals surface area (Å²) in [6, 6.07) is 8.20. The van der Waals surface area contributed by atoms with Gasteiger partial charge in [-0.3, -0.25) is 0 Å². The number of hydrogen-bond acceptors (Lipinski definition) is 8. The number of aryl methyl sites for hydroxylation is 2. The lowest BCUT2D eigenvalue weighted by atomic mass is 9.94. The Morgan fingerprint density at radius 2 is 2.05 bits per heavy atom. The van der Waals surface area contributed by atoms with Gasteiger partial charge < -0.3 is 20.8 Å². The zero-order valence-corrected chi connectivity index (χ0v) is 23.3. The number of rotatable bonds is 4. The number of nitrogens with zero attached hydrogens (tertiary/aromatic N) is 5. The van der Waals surface area contributed by atoms with Crippen LogP contribution in [0.4, 0.5) is 10.9 Å². The van der Waals surface area contributed by atoms with Gasteiger partial charge in [0.15, 0.2) is 16.0 Å². The minimum atomic E-state index is 0.599. The third-order valence-electron chi connectivity index (χ3n) is 7.51. The smallest absolute Gasteiger partial charge is 0.225 e. The second-order valence-corrected chi connectivity index (χ2v) is 12.4. The number of hydrogen-bond donors (Lipinski definition) is 2. The summed E-state index contributed by atoms with van der Waals surface area (Å²) >= 11 is 9.84. The van der Waals surface area contributed by atoms with Crippen molar-refractivity contribution in [1.82, 2.24) is 19.9 Å². The summed E-state index contributed by atoms with van der Waals surface area (Å²) in [6.45, 7) is 3.49. The van der Waals surface area contributed by atoms with Crippen molar-refractivity contribution in [3.8, 4) is 0 Å². The summed E-state index contributed by atoms with van der Waals surface area (Å²) in [5.74, 6) is 0.796. The van der Waals surface area contributed by atoms with Gasteiger partial charge in [-0.15, -0.1) is 11.3 Å². The molecule has 0 bridgehead atoms. The van der Waals surface area contributed by atoms with Gasteiger partial charge in [0.25, 0.3) is 0 Å². The summed E-state index contributed by atoms with van der Waals surface area (Å²) in [5, 5.41) is 16.9. The third kappa shape index (κ3) is 3.97. The molecule has 4 aromatic heterocycles. The lowest BCUT2D eigenvalue weighted by molar-refractivity contribution is -0.587. The lowest BCUT2D eigenvalue weighted by Gasteiger charge is -2.27. The van der Waals surface area contributed by atoms with Crippen molar-refractivity contribution in [1.29, 1.82) is 0 Å². The minimum Gasteiger partial charge on any atom is -0.618 e. The van der Waals surface area contributed by atoms with E-state index >= 15 is 0 Å². The molecule has 0 fully saturated rings. The van der Waals surface area contributed by atoms with E-state index in [1.807, 2.05) is 18.2 Å². The van der Waals surface area contributed by atoms with Gasteiger partial charge >= 0.3 is 0 Å². The van der Waals surface area contributed by atoms with Crippen molar-refractivity contribution in [2.24, 2.45) is 0 Å². The fraction of sp³-hybridized carbons (Fsp3) is 0.333. The second-order valence-electron chi connectivity index (χ2n) is 9.86. The van der Waals surface area contributed by atoms with E-state index in [0.29, 0.717) is 27.4 Å². The first kappa shape index (κ1) is 24.0. The topological polar surface area (TPSA) is 111 Å². The maximum atomic E-state index is 13.2. The van der Waals surface area contributed by atoms with Gasteiger partial charge in [-0.25, -0.2) is 15.0 Å². The molecule has 38 heavy (non-hydrogen) atoms. The Balaban J connectivity index is 1.30. The van der Waals surface area contributed by atoms with Gasteiger partial charge in [-0.1, -0.05) is 18.5 Å². The van der Waals surface area contributed by atoms with Gasteiger partial charge in [0.05, 0.1) is 22.6 Å². The number of benzene rings is 1. The lowest BCUT2D eigenvalue weighted by Crippen LogP contribution is -2.35. The maximum absolute atomic E-state index is 13.2. The zero-order valence-electron chi connectivity index (χ0n) is 20.9. The summed E-state index contributed by atoms with van der Waals surface area (Å²) in [4.78, 5) is 22.2. The minimum absolute atomic E-state index is 0.599. The van der Waals surface area contributed by atoms with Crippen LogP contribution < -0.4 is 15.4 Å². The fourth-order valence-corrected chi connectivity index (χ4v) is 7.58. The maximum Gasteiger partial charge on any atom is 0.225 e. The van der Waals surface area contributed by atoms with E-state index in [-0.39, 0.29) is 0 Å². The number of H-pyrrole nitrogens is 1. The number of fused-ring (bicyclic) bond motifs is 4. The van der Waals surface area contributed by atoms with Crippen LogP contribution in [0, 0.1) is 5.21 Å². The molecule has 0 saturated heterocycles. The average Bonchev–Trinajstić information content (AvgIpc) is 3.46. The number of halogens is 1. The molecule has 5 aromatic rings. The molecule has 0 unspecified atom stereocenters. The average molecular weight is 564 g/mol. The largest absolute Gasteiger partial charge is 0.618 e. The van der Waals surface area contributed by atoms with E-state index in [9.17, 15) is 5.21 Å². The van der Waals surface area contributed by atoms with Crippen molar-refractivity contribution in [3.63, 3.8) is 0 Å². The van der Waals surface area contributed by atoms with Crippen molar-refractivity contribution in [2.45, 2.75) is 62.0 Å². The highest BCUT2D eigenvalue weighted by Crippen LogP contribution is 2.39. The Morgan fingerprint density at radius 3 is 2.92 bits per heavy atom. The van der Waals surface area contributed by atoms with E-state index in [0.717, 1.165) is 94.0 Å². The van der Waals surface area contributed by atoms with E-state index in [1.165, 1.54) is 22.2 Å². The molecule has 7 rings (SSSR count). The van der Waals surface area contributed by atoms with Crippen LogP contribution >= 0.6 is 34.7 Å². The van der Waals surface area contributed by atoms with E-state index in [2.05, 4.69) is 27.9 Å². The fourth-order valence-electron chi connectivity index (χ4n) is 5.61. The molecule has 194 valence electrons. The third-order valence-corrected chi connectivity index (χ3v) is 9.76. The number of nitrogens with one attached hydrogen (secondary N) is 1. The molecular weight excluding hydrogens is 538 g/mol. The van der Waals surface area contributed by atoms with Crippen LogP contribution in [-0.2, 0) is 32.2 Å². The Morgan fingerprint density at radius 1 is 1.18 bits per heavy atom. The van der Waals surface area contributed by atoms with Gasteiger partial charge in [-0.2, -0.15) is 4.73 Å². The number of aromatic nitrogens is 5. The van der Waals surface area contributed by atoms with Crippen molar-refractivity contribution < 1.29 is 4.73 Å². The number of nitrogen functional groups attached to an aromatic ring is 1. The van der Waals surface area contributed by atoms with Crippen LogP contribution in [0.25, 0.3) is 21.9 Å². The van der Waals surface area contributed by atoms with E-state index < -0.39 is 0 Å². The van der Waals surface area contributed by atoms with Crippen LogP contribution in [0.5, 0.6) is 0 Å². The van der Waals surface area contributed by atoms with Crippen LogP contribution in [0.1, 0.15) is 47.3 Å². The normalized spacial score (nSPS) is 15.3. The number of anilines is 2. The van der Waals surface area contributed by atoms with Gasteiger partial charge in [-0.05, 0) is 55.6 Å². The molecule has 5 heterocycles. The van der Waals surface area contributed by atoms with Gasteiger partial charge in [0.2, 0.25) is 5.52 Å². The predicted molar refractivity (Wildman–Crippen MR) is 153 cm³/mol. The molecule has 8 nitrogen and oxygen atoms in total. The summed E-state index contributed by atoms with van der Waals surface area (Å²) < 4.78 is 1.13. The van der Waals surface area contributed by atoms with Crippen molar-refractivity contribution in [3.05, 3.63) is 62.0 Å². The van der Waals surface area contributed by atoms with E-state index in [1.54, 1.807) is 11.3 Å². The molecule has 0 saturated carbocycles. The Labute approximate surface area is 232 Å². The highest BCUT2D eigenvalue weighted by Gasteiger charge is 2.27. The molecule has 11 heteroatoms. The van der Waals surface area contributed by atoms with Crippen molar-refractivity contribution >= 4 is 67.6 Å². The first-order valence-electron chi connectivity index (χ1n) is 12.9. The number of thiazole rings is 1. The highest BCUT2D eigenvalue weighted by atomic mass is 35.5. The molecule has 1 aliphatic carbocycles. The van der Waals surface area contributed by atoms with Crippen LogP contribution in [-0.4, -0.2) is 26.5 Å². The first-order valence-corrected chi connectivity index (χ1v) is 14.9. The second kappa shape index (κ2) is 9.29. The Bertz CT molecular complexity index is 1730. The quantitative estimate of drug-likeness (QED) is 0.166. The summed E-state index contributed by atoms with van der Waals surface area (Å²) in [5.41, 5.74) is 11.4. The first-order chi connectivity index (χ1) is 18.5. The van der Waals surface area contributed by atoms with E-state index in [4.69, 9.17) is 27.3 Å². The summed E-state index contributed by atoms with van der Waals surface area (Å²) in [6.07, 6.45) is 5.65. The molecule has 3 N–H and O–H groups in total. The molecule has 1 aliphatic heterocycles. The SMILES string of the molecule is CCc1[nH]c2nc(Sc3ccc4cc5c([n+]([O-])c4c3)CCCC5)nc(N3CCc4sc(N)nc4C3)c2c1Cl. The number of aromatic amines is 1. The predicted octanol–water partition coefficient (Wildman–Crippen LogP) is 5.59.